The van der Waals surface area contributed by atoms with Crippen molar-refractivity contribution < 1.29 is 18.4 Å². The number of amides is 2. The highest BCUT2D eigenvalue weighted by molar-refractivity contribution is 6.03. The third-order valence-corrected chi connectivity index (χ3v) is 4.49. The van der Waals surface area contributed by atoms with E-state index >= 15 is 0 Å². The Morgan fingerprint density at radius 3 is 2.52 bits per heavy atom. The van der Waals surface area contributed by atoms with Crippen molar-refractivity contribution in [2.45, 2.75) is 19.9 Å². The van der Waals surface area contributed by atoms with Gasteiger partial charge in [-0.1, -0.05) is 18.2 Å². The van der Waals surface area contributed by atoms with Crippen LogP contribution in [0.5, 0.6) is 0 Å². The second-order valence-corrected chi connectivity index (χ2v) is 6.08. The second kappa shape index (κ2) is 6.63. The number of carbonyl (C=O) groups is 2. The van der Waals surface area contributed by atoms with Crippen LogP contribution in [0.25, 0.3) is 0 Å². The average Bonchev–Trinajstić information content (AvgIpc) is 2.58. The summed E-state index contributed by atoms with van der Waals surface area (Å²) in [5.41, 5.74) is 1.41. The van der Waals surface area contributed by atoms with Crippen LogP contribution < -0.4 is 4.90 Å². The summed E-state index contributed by atoms with van der Waals surface area (Å²) in [6.45, 7) is 3.89. The molecule has 0 saturated carbocycles. The molecule has 1 saturated heterocycles. The minimum absolute atomic E-state index is 0.0289. The lowest BCUT2D eigenvalue weighted by atomic mass is 10.0. The molecular formula is C19H18F2N2O2. The van der Waals surface area contributed by atoms with Crippen LogP contribution in [0, 0.1) is 18.6 Å². The van der Waals surface area contributed by atoms with E-state index in [4.69, 9.17) is 0 Å². The molecule has 2 aromatic carbocycles. The van der Waals surface area contributed by atoms with Gasteiger partial charge < -0.3 is 9.80 Å². The molecule has 0 aromatic heterocycles. The molecule has 0 N–H and O–H groups in total. The number of anilines is 1. The van der Waals surface area contributed by atoms with Gasteiger partial charge in [0.05, 0.1) is 5.69 Å². The standard InChI is InChI=1S/C19H18F2N2O2/c1-12-5-3-4-6-15(12)19(25)22-9-10-23(18(24)13(22)2)17-8-7-14(20)11-16(17)21/h3-8,11,13H,9-10H2,1-2H3. The molecule has 130 valence electrons. The molecule has 0 radical (unpaired) electrons. The molecule has 1 aliphatic rings. The van der Waals surface area contributed by atoms with Gasteiger partial charge in [-0.25, -0.2) is 8.78 Å². The van der Waals surface area contributed by atoms with E-state index in [9.17, 15) is 18.4 Å². The van der Waals surface area contributed by atoms with Gasteiger partial charge in [-0.15, -0.1) is 0 Å². The van der Waals surface area contributed by atoms with Crippen LogP contribution >= 0.6 is 0 Å². The van der Waals surface area contributed by atoms with Crippen LogP contribution in [-0.4, -0.2) is 35.8 Å². The maximum atomic E-state index is 14.0. The highest BCUT2D eigenvalue weighted by Crippen LogP contribution is 2.25. The van der Waals surface area contributed by atoms with Crippen molar-refractivity contribution in [3.05, 3.63) is 65.2 Å². The summed E-state index contributed by atoms with van der Waals surface area (Å²) in [5, 5.41) is 0. The molecule has 1 aliphatic heterocycles. The smallest absolute Gasteiger partial charge is 0.254 e. The number of halogens is 2. The average molecular weight is 344 g/mol. The van der Waals surface area contributed by atoms with Gasteiger partial charge in [0.2, 0.25) is 5.91 Å². The normalized spacial score (nSPS) is 17.8. The lowest BCUT2D eigenvalue weighted by Gasteiger charge is -2.39. The van der Waals surface area contributed by atoms with Gasteiger partial charge in [0, 0.05) is 24.7 Å². The number of hydrogen-bond donors (Lipinski definition) is 0. The first-order valence-electron chi connectivity index (χ1n) is 8.03. The quantitative estimate of drug-likeness (QED) is 0.840. The number of hydrogen-bond acceptors (Lipinski definition) is 2. The van der Waals surface area contributed by atoms with E-state index in [1.807, 2.05) is 19.1 Å². The number of nitrogens with zero attached hydrogens (tertiary/aromatic N) is 2. The summed E-state index contributed by atoms with van der Waals surface area (Å²) in [4.78, 5) is 28.2. The van der Waals surface area contributed by atoms with Gasteiger partial charge >= 0.3 is 0 Å². The van der Waals surface area contributed by atoms with Crippen molar-refractivity contribution in [2.75, 3.05) is 18.0 Å². The topological polar surface area (TPSA) is 40.6 Å². The highest BCUT2D eigenvalue weighted by atomic mass is 19.1. The predicted molar refractivity (Wildman–Crippen MR) is 90.4 cm³/mol. The third kappa shape index (κ3) is 3.12. The summed E-state index contributed by atoms with van der Waals surface area (Å²) >= 11 is 0. The highest BCUT2D eigenvalue weighted by Gasteiger charge is 2.36. The van der Waals surface area contributed by atoms with Crippen molar-refractivity contribution in [1.82, 2.24) is 4.90 Å². The number of carbonyl (C=O) groups excluding carboxylic acids is 2. The Hall–Kier alpha value is -2.76. The Kier molecular flexibility index (Phi) is 4.53. The predicted octanol–water partition coefficient (Wildman–Crippen LogP) is 3.15. The Morgan fingerprint density at radius 2 is 1.84 bits per heavy atom. The molecule has 6 heteroatoms. The van der Waals surface area contributed by atoms with Gasteiger partial charge in [-0.05, 0) is 37.6 Å². The van der Waals surface area contributed by atoms with E-state index in [1.54, 1.807) is 19.1 Å². The summed E-state index contributed by atoms with van der Waals surface area (Å²) in [6, 6.07) is 9.55. The van der Waals surface area contributed by atoms with E-state index in [1.165, 1.54) is 15.9 Å². The van der Waals surface area contributed by atoms with E-state index in [0.717, 1.165) is 17.7 Å². The first kappa shape index (κ1) is 17.1. The van der Waals surface area contributed by atoms with Gasteiger partial charge in [0.1, 0.15) is 17.7 Å². The van der Waals surface area contributed by atoms with Gasteiger partial charge in [0.25, 0.3) is 5.91 Å². The van der Waals surface area contributed by atoms with Gasteiger partial charge in [-0.3, -0.25) is 9.59 Å². The van der Waals surface area contributed by atoms with Crippen molar-refractivity contribution in [1.29, 1.82) is 0 Å². The molecule has 2 amide bonds. The number of aryl methyl sites for hydroxylation is 1. The molecule has 0 aliphatic carbocycles. The summed E-state index contributed by atoms with van der Waals surface area (Å²) < 4.78 is 27.1. The molecule has 4 nitrogen and oxygen atoms in total. The lowest BCUT2D eigenvalue weighted by Crippen LogP contribution is -2.58. The Labute approximate surface area is 144 Å². The molecule has 2 aromatic rings. The van der Waals surface area contributed by atoms with Crippen LogP contribution in [0.1, 0.15) is 22.8 Å². The molecule has 3 rings (SSSR count). The Balaban J connectivity index is 1.84. The fourth-order valence-electron chi connectivity index (χ4n) is 3.05. The van der Waals surface area contributed by atoms with Crippen LogP contribution in [0.4, 0.5) is 14.5 Å². The molecule has 1 unspecified atom stereocenters. The summed E-state index contributed by atoms with van der Waals surface area (Å²) in [6.07, 6.45) is 0. The number of piperazine rings is 1. The molecule has 25 heavy (non-hydrogen) atoms. The molecule has 1 fully saturated rings. The van der Waals surface area contributed by atoms with E-state index in [0.29, 0.717) is 5.56 Å². The Bertz CT molecular complexity index is 838. The maximum absolute atomic E-state index is 14.0. The van der Waals surface area contributed by atoms with Gasteiger partial charge in [-0.2, -0.15) is 0 Å². The van der Waals surface area contributed by atoms with E-state index in [2.05, 4.69) is 0 Å². The SMILES string of the molecule is Cc1ccccc1C(=O)N1CCN(c2ccc(F)cc2F)C(=O)C1C. The van der Waals surface area contributed by atoms with Crippen molar-refractivity contribution >= 4 is 17.5 Å². The first-order chi connectivity index (χ1) is 11.9. The molecule has 0 spiro atoms. The zero-order valence-corrected chi connectivity index (χ0v) is 14.0. The van der Waals surface area contributed by atoms with Crippen LogP contribution in [0.15, 0.2) is 42.5 Å². The molecule has 0 bridgehead atoms. The second-order valence-electron chi connectivity index (χ2n) is 6.08. The van der Waals surface area contributed by atoms with Gasteiger partial charge in [0.15, 0.2) is 0 Å². The minimum atomic E-state index is -0.792. The van der Waals surface area contributed by atoms with Crippen LogP contribution in [0.2, 0.25) is 0 Å². The summed E-state index contributed by atoms with van der Waals surface area (Å²) in [5.74, 6) is -2.11. The number of benzene rings is 2. The largest absolute Gasteiger partial charge is 0.325 e. The zero-order valence-electron chi connectivity index (χ0n) is 14.0. The maximum Gasteiger partial charge on any atom is 0.254 e. The third-order valence-electron chi connectivity index (χ3n) is 4.49. The first-order valence-corrected chi connectivity index (χ1v) is 8.03. The fourth-order valence-corrected chi connectivity index (χ4v) is 3.05. The van der Waals surface area contributed by atoms with Crippen molar-refractivity contribution in [3.63, 3.8) is 0 Å². The number of rotatable bonds is 2. The van der Waals surface area contributed by atoms with E-state index in [-0.39, 0.29) is 24.7 Å². The monoisotopic (exact) mass is 344 g/mol. The lowest BCUT2D eigenvalue weighted by molar-refractivity contribution is -0.124. The molecular weight excluding hydrogens is 326 g/mol. The summed E-state index contributed by atoms with van der Waals surface area (Å²) in [7, 11) is 0. The molecule has 1 atom stereocenters. The fraction of sp³-hybridized carbons (Fsp3) is 0.263. The molecule has 1 heterocycles. The van der Waals surface area contributed by atoms with Crippen molar-refractivity contribution in [2.24, 2.45) is 0 Å². The zero-order chi connectivity index (χ0) is 18.1. The van der Waals surface area contributed by atoms with Crippen LogP contribution in [0.3, 0.4) is 0 Å². The van der Waals surface area contributed by atoms with Crippen LogP contribution in [-0.2, 0) is 4.79 Å². The van der Waals surface area contributed by atoms with Crippen molar-refractivity contribution in [3.8, 4) is 0 Å². The Morgan fingerprint density at radius 1 is 1.12 bits per heavy atom. The van der Waals surface area contributed by atoms with E-state index < -0.39 is 23.6 Å². The minimum Gasteiger partial charge on any atom is -0.325 e.